The molecule has 0 unspecified atom stereocenters. The molecule has 0 nitrogen and oxygen atoms in total. The molecule has 1 saturated heterocycles. The third-order valence-corrected chi connectivity index (χ3v) is 6.17. The van der Waals surface area contributed by atoms with E-state index >= 15 is 0 Å². The number of hydrogen-bond acceptors (Lipinski definition) is 0. The van der Waals surface area contributed by atoms with Crippen LogP contribution in [-0.4, -0.2) is 32.3 Å². The first kappa shape index (κ1) is 6.55. The van der Waals surface area contributed by atoms with Crippen molar-refractivity contribution in [2.45, 2.75) is 12.8 Å². The van der Waals surface area contributed by atoms with Gasteiger partial charge in [0.25, 0.3) is 0 Å². The zero-order valence-electron chi connectivity index (χ0n) is 6.28. The van der Waals surface area contributed by atoms with E-state index in [1.165, 1.54) is 12.8 Å². The van der Waals surface area contributed by atoms with Gasteiger partial charge in [0.2, 0.25) is 0 Å². The standard InChI is InChI=1S/C7H17P/c1-8(2,3)6-4-5-7-8/h4-7H2,1-3H3. The van der Waals surface area contributed by atoms with E-state index in [9.17, 15) is 0 Å². The predicted octanol–water partition coefficient (Wildman–Crippen LogP) is 2.22. The molecule has 0 atom stereocenters. The average molecular weight is 132 g/mol. The Morgan fingerprint density at radius 2 is 1.25 bits per heavy atom. The van der Waals surface area contributed by atoms with E-state index in [4.69, 9.17) is 0 Å². The molecule has 0 aromatic rings. The van der Waals surface area contributed by atoms with Gasteiger partial charge in [-0.2, -0.15) is 0 Å². The normalized spacial score (nSPS) is 38.1. The fourth-order valence-corrected chi connectivity index (χ4v) is 4.52. The van der Waals surface area contributed by atoms with Crippen molar-refractivity contribution < 1.29 is 0 Å². The summed E-state index contributed by atoms with van der Waals surface area (Å²) >= 11 is 0. The second-order valence-corrected chi connectivity index (χ2v) is 12.4. The van der Waals surface area contributed by atoms with E-state index in [0.717, 1.165) is 0 Å². The summed E-state index contributed by atoms with van der Waals surface area (Å²) in [5.74, 6) is 0. The molecule has 50 valence electrons. The quantitative estimate of drug-likeness (QED) is 0.443. The Labute approximate surface area is 52.6 Å². The Bertz CT molecular complexity index is 86.7. The zero-order chi connectivity index (χ0) is 6.28. The summed E-state index contributed by atoms with van der Waals surface area (Å²) in [4.78, 5) is 0. The fourth-order valence-electron chi connectivity index (χ4n) is 1.51. The van der Waals surface area contributed by atoms with Crippen LogP contribution in [0.5, 0.6) is 0 Å². The van der Waals surface area contributed by atoms with Crippen LogP contribution >= 0.6 is 6.60 Å². The van der Waals surface area contributed by atoms with Crippen molar-refractivity contribution in [3.63, 3.8) is 0 Å². The van der Waals surface area contributed by atoms with E-state index in [0.29, 0.717) is 0 Å². The predicted molar refractivity (Wildman–Crippen MR) is 43.7 cm³/mol. The SMILES string of the molecule is CP1(C)(C)CCCC1. The summed E-state index contributed by atoms with van der Waals surface area (Å²) in [5.41, 5.74) is 0. The molecule has 0 saturated carbocycles. The molecule has 1 aliphatic rings. The molecule has 1 heterocycles. The molecule has 0 amide bonds. The van der Waals surface area contributed by atoms with Gasteiger partial charge in [-0.3, -0.25) is 0 Å². The molecular weight excluding hydrogens is 115 g/mol. The van der Waals surface area contributed by atoms with Crippen LogP contribution in [0, 0.1) is 0 Å². The summed E-state index contributed by atoms with van der Waals surface area (Å²) in [5, 5.41) is 0. The van der Waals surface area contributed by atoms with Gasteiger partial charge in [-0.1, -0.05) is 0 Å². The third kappa shape index (κ3) is 1.45. The molecule has 0 bridgehead atoms. The van der Waals surface area contributed by atoms with Gasteiger partial charge in [0, 0.05) is 0 Å². The van der Waals surface area contributed by atoms with Gasteiger partial charge in [-0.25, -0.2) is 0 Å². The van der Waals surface area contributed by atoms with Crippen molar-refractivity contribution in [1.82, 2.24) is 0 Å². The number of hydrogen-bond donors (Lipinski definition) is 0. The Kier molecular flexibility index (Phi) is 1.21. The van der Waals surface area contributed by atoms with Gasteiger partial charge in [0.15, 0.2) is 0 Å². The van der Waals surface area contributed by atoms with Crippen LogP contribution in [-0.2, 0) is 0 Å². The molecule has 0 aromatic heterocycles. The topological polar surface area (TPSA) is 0 Å². The first-order valence-electron chi connectivity index (χ1n) is 3.47. The van der Waals surface area contributed by atoms with Gasteiger partial charge in [0.05, 0.1) is 0 Å². The summed E-state index contributed by atoms with van der Waals surface area (Å²) in [6, 6.07) is 0. The van der Waals surface area contributed by atoms with Gasteiger partial charge < -0.3 is 0 Å². The van der Waals surface area contributed by atoms with Gasteiger partial charge in [-0.15, -0.1) is 0 Å². The second kappa shape index (κ2) is 1.48. The van der Waals surface area contributed by atoms with Crippen LogP contribution in [0.3, 0.4) is 0 Å². The molecule has 1 fully saturated rings. The molecular formula is C7H17P. The maximum absolute atomic E-state index is 2.51. The Balaban J connectivity index is 2.67. The van der Waals surface area contributed by atoms with E-state index in [2.05, 4.69) is 20.0 Å². The van der Waals surface area contributed by atoms with Crippen molar-refractivity contribution >= 4 is 6.60 Å². The van der Waals surface area contributed by atoms with Crippen molar-refractivity contribution in [1.29, 1.82) is 0 Å². The minimum atomic E-state index is -0.990. The fraction of sp³-hybridized carbons (Fsp3) is 1.00. The maximum atomic E-state index is 2.51. The second-order valence-electron chi connectivity index (χ2n) is 4.62. The van der Waals surface area contributed by atoms with E-state index in [1.54, 1.807) is 12.3 Å². The van der Waals surface area contributed by atoms with Crippen LogP contribution in [0.4, 0.5) is 0 Å². The molecule has 1 rings (SSSR count). The Hall–Kier alpha value is 0.430. The molecule has 0 aromatic carbocycles. The average Bonchev–Trinajstić information content (AvgIpc) is 1.81. The summed E-state index contributed by atoms with van der Waals surface area (Å²) in [6.45, 7) is 6.55. The van der Waals surface area contributed by atoms with Crippen molar-refractivity contribution in [3.05, 3.63) is 0 Å². The van der Waals surface area contributed by atoms with E-state index < -0.39 is 6.60 Å². The molecule has 8 heavy (non-hydrogen) atoms. The first-order valence-corrected chi connectivity index (χ1v) is 7.42. The van der Waals surface area contributed by atoms with Crippen LogP contribution < -0.4 is 0 Å². The van der Waals surface area contributed by atoms with Crippen molar-refractivity contribution in [2.75, 3.05) is 32.3 Å². The van der Waals surface area contributed by atoms with Crippen molar-refractivity contribution in [3.8, 4) is 0 Å². The molecule has 0 spiro atoms. The number of rotatable bonds is 0. The summed E-state index contributed by atoms with van der Waals surface area (Å²) in [7, 11) is 0. The van der Waals surface area contributed by atoms with Gasteiger partial charge in [-0.05, 0) is 0 Å². The molecule has 0 N–H and O–H groups in total. The van der Waals surface area contributed by atoms with Crippen LogP contribution in [0.25, 0.3) is 0 Å². The Morgan fingerprint density at radius 3 is 1.38 bits per heavy atom. The molecule has 1 aliphatic heterocycles. The first-order chi connectivity index (χ1) is 3.47. The summed E-state index contributed by atoms with van der Waals surface area (Å²) < 4.78 is 0. The third-order valence-electron chi connectivity index (χ3n) is 2.22. The summed E-state index contributed by atoms with van der Waals surface area (Å²) in [6.07, 6.45) is 6.10. The molecule has 0 radical (unpaired) electrons. The van der Waals surface area contributed by atoms with E-state index in [1.807, 2.05) is 0 Å². The van der Waals surface area contributed by atoms with E-state index in [-0.39, 0.29) is 0 Å². The molecule has 1 heteroatoms. The van der Waals surface area contributed by atoms with Crippen LogP contribution in [0.2, 0.25) is 0 Å². The van der Waals surface area contributed by atoms with Crippen LogP contribution in [0.1, 0.15) is 12.8 Å². The van der Waals surface area contributed by atoms with Gasteiger partial charge in [0.1, 0.15) is 0 Å². The Morgan fingerprint density at radius 1 is 0.875 bits per heavy atom. The monoisotopic (exact) mass is 132 g/mol. The van der Waals surface area contributed by atoms with Gasteiger partial charge >= 0.3 is 51.8 Å². The van der Waals surface area contributed by atoms with Crippen molar-refractivity contribution in [2.24, 2.45) is 0 Å². The van der Waals surface area contributed by atoms with Crippen LogP contribution in [0.15, 0.2) is 0 Å². The minimum absolute atomic E-state index is 0.990. The zero-order valence-corrected chi connectivity index (χ0v) is 7.17. The molecule has 0 aliphatic carbocycles.